The molecule has 1 N–H and O–H groups in total. The number of nitrogens with one attached hydrogen (secondary N) is 1. The average molecular weight is 273 g/mol. The van der Waals surface area contributed by atoms with Crippen molar-refractivity contribution in [2.45, 2.75) is 20.3 Å². The molecule has 1 rings (SSSR count). The Morgan fingerprint density at radius 3 is 2.28 bits per heavy atom. The molecule has 0 bridgehead atoms. The molecule has 0 unspecified atom stereocenters. The summed E-state index contributed by atoms with van der Waals surface area (Å²) < 4.78 is 36.3. The zero-order valence-corrected chi connectivity index (χ0v) is 11.9. The summed E-state index contributed by atoms with van der Waals surface area (Å²) in [6.07, 6.45) is 0.556. The lowest BCUT2D eigenvalue weighted by atomic mass is 10.2. The van der Waals surface area contributed by atoms with E-state index in [1.54, 1.807) is 19.2 Å². The smallest absolute Gasteiger partial charge is 0.232 e. The molecule has 0 heterocycles. The number of rotatable bonds is 6. The quantitative estimate of drug-likeness (QED) is 0.862. The number of aryl methyl sites for hydroxylation is 1. The molecular weight excluding hydrogens is 254 g/mol. The van der Waals surface area contributed by atoms with E-state index in [1.165, 1.54) is 7.11 Å². The van der Waals surface area contributed by atoms with Crippen LogP contribution in [0, 0.1) is 6.92 Å². The summed E-state index contributed by atoms with van der Waals surface area (Å²) in [5.74, 6) is 1.17. The highest BCUT2D eigenvalue weighted by Gasteiger charge is 2.14. The molecule has 0 radical (unpaired) electrons. The van der Waals surface area contributed by atoms with Gasteiger partial charge in [-0.1, -0.05) is 6.92 Å². The molecule has 6 heteroatoms. The molecule has 0 aliphatic rings. The van der Waals surface area contributed by atoms with Gasteiger partial charge >= 0.3 is 0 Å². The molecule has 0 saturated carbocycles. The standard InChI is InChI=1S/C12H19NO4S/c1-5-6-18(14,15)13-10-8-11(16-3)9(2)7-12(10)17-4/h7-8,13H,5-6H2,1-4H3. The Labute approximate surface area is 108 Å². The Bertz CT molecular complexity index is 511. The van der Waals surface area contributed by atoms with Gasteiger partial charge in [0.05, 0.1) is 25.7 Å². The second-order valence-corrected chi connectivity index (χ2v) is 5.78. The van der Waals surface area contributed by atoms with E-state index < -0.39 is 10.0 Å². The van der Waals surface area contributed by atoms with Crippen LogP contribution < -0.4 is 14.2 Å². The van der Waals surface area contributed by atoms with Gasteiger partial charge in [-0.3, -0.25) is 4.72 Å². The zero-order valence-electron chi connectivity index (χ0n) is 11.1. The van der Waals surface area contributed by atoms with E-state index >= 15 is 0 Å². The number of hydrogen-bond acceptors (Lipinski definition) is 4. The average Bonchev–Trinajstić information content (AvgIpc) is 2.30. The summed E-state index contributed by atoms with van der Waals surface area (Å²) in [6.45, 7) is 3.68. The maximum absolute atomic E-state index is 11.7. The van der Waals surface area contributed by atoms with Crippen LogP contribution in [-0.4, -0.2) is 28.4 Å². The van der Waals surface area contributed by atoms with Gasteiger partial charge in [0.25, 0.3) is 0 Å². The van der Waals surface area contributed by atoms with Crippen molar-refractivity contribution in [1.29, 1.82) is 0 Å². The van der Waals surface area contributed by atoms with Crippen LogP contribution in [0.4, 0.5) is 5.69 Å². The third-order valence-electron chi connectivity index (χ3n) is 2.46. The van der Waals surface area contributed by atoms with E-state index in [1.807, 2.05) is 13.8 Å². The number of methoxy groups -OCH3 is 2. The third-order valence-corrected chi connectivity index (χ3v) is 3.93. The molecule has 1 aromatic carbocycles. The maximum Gasteiger partial charge on any atom is 0.232 e. The van der Waals surface area contributed by atoms with Gasteiger partial charge in [0.2, 0.25) is 10.0 Å². The number of ether oxygens (including phenoxy) is 2. The third kappa shape index (κ3) is 3.53. The Morgan fingerprint density at radius 2 is 1.78 bits per heavy atom. The lowest BCUT2D eigenvalue weighted by molar-refractivity contribution is 0.402. The molecule has 102 valence electrons. The molecule has 0 amide bonds. The van der Waals surface area contributed by atoms with Gasteiger partial charge in [-0.15, -0.1) is 0 Å². The van der Waals surface area contributed by atoms with Crippen molar-refractivity contribution in [2.75, 3.05) is 24.7 Å². The van der Waals surface area contributed by atoms with Crippen LogP contribution in [0.3, 0.4) is 0 Å². The van der Waals surface area contributed by atoms with E-state index in [4.69, 9.17) is 9.47 Å². The summed E-state index contributed by atoms with van der Waals surface area (Å²) in [6, 6.07) is 3.37. The predicted molar refractivity (Wildman–Crippen MR) is 72.0 cm³/mol. The molecule has 0 aliphatic carbocycles. The summed E-state index contributed by atoms with van der Waals surface area (Å²) in [4.78, 5) is 0. The van der Waals surface area contributed by atoms with Gasteiger partial charge in [-0.2, -0.15) is 0 Å². The molecule has 0 aromatic heterocycles. The van der Waals surface area contributed by atoms with E-state index in [9.17, 15) is 8.42 Å². The van der Waals surface area contributed by atoms with E-state index in [-0.39, 0.29) is 5.75 Å². The van der Waals surface area contributed by atoms with E-state index in [0.717, 1.165) is 5.56 Å². The first-order valence-corrected chi connectivity index (χ1v) is 7.31. The SMILES string of the molecule is CCCS(=O)(=O)Nc1cc(OC)c(C)cc1OC. The van der Waals surface area contributed by atoms with Crippen molar-refractivity contribution < 1.29 is 17.9 Å². The van der Waals surface area contributed by atoms with E-state index in [2.05, 4.69) is 4.72 Å². The fourth-order valence-corrected chi connectivity index (χ4v) is 2.75. The van der Waals surface area contributed by atoms with Crippen LogP contribution in [0.15, 0.2) is 12.1 Å². The van der Waals surface area contributed by atoms with Crippen LogP contribution in [0.2, 0.25) is 0 Å². The number of anilines is 1. The number of sulfonamides is 1. The highest BCUT2D eigenvalue weighted by Crippen LogP contribution is 2.33. The van der Waals surface area contributed by atoms with Gasteiger partial charge in [0, 0.05) is 6.07 Å². The van der Waals surface area contributed by atoms with Crippen molar-refractivity contribution in [3.8, 4) is 11.5 Å². The maximum atomic E-state index is 11.7. The first-order chi connectivity index (χ1) is 8.43. The molecule has 0 fully saturated rings. The molecule has 18 heavy (non-hydrogen) atoms. The van der Waals surface area contributed by atoms with Gasteiger partial charge in [0.15, 0.2) is 0 Å². The van der Waals surface area contributed by atoms with Crippen LogP contribution in [0.5, 0.6) is 11.5 Å². The van der Waals surface area contributed by atoms with Gasteiger partial charge in [-0.25, -0.2) is 8.42 Å². The largest absolute Gasteiger partial charge is 0.496 e. The zero-order chi connectivity index (χ0) is 13.8. The number of benzene rings is 1. The highest BCUT2D eigenvalue weighted by atomic mass is 32.2. The Morgan fingerprint density at radius 1 is 1.17 bits per heavy atom. The Kier molecular flexibility index (Phi) is 4.84. The number of hydrogen-bond donors (Lipinski definition) is 1. The monoisotopic (exact) mass is 273 g/mol. The summed E-state index contributed by atoms with van der Waals surface area (Å²) >= 11 is 0. The van der Waals surface area contributed by atoms with E-state index in [0.29, 0.717) is 23.6 Å². The normalized spacial score (nSPS) is 11.1. The van der Waals surface area contributed by atoms with Crippen LogP contribution >= 0.6 is 0 Å². The van der Waals surface area contributed by atoms with Crippen molar-refractivity contribution in [2.24, 2.45) is 0 Å². The topological polar surface area (TPSA) is 64.6 Å². The van der Waals surface area contributed by atoms with Crippen molar-refractivity contribution in [1.82, 2.24) is 0 Å². The second kappa shape index (κ2) is 5.95. The van der Waals surface area contributed by atoms with Crippen molar-refractivity contribution in [3.63, 3.8) is 0 Å². The minimum atomic E-state index is -3.34. The predicted octanol–water partition coefficient (Wildman–Crippen LogP) is 2.16. The van der Waals surface area contributed by atoms with Crippen LogP contribution in [0.1, 0.15) is 18.9 Å². The molecule has 0 spiro atoms. The lowest BCUT2D eigenvalue weighted by Gasteiger charge is -2.14. The van der Waals surface area contributed by atoms with Crippen molar-refractivity contribution in [3.05, 3.63) is 17.7 Å². The van der Waals surface area contributed by atoms with Gasteiger partial charge in [0.1, 0.15) is 11.5 Å². The molecule has 0 atom stereocenters. The fourth-order valence-electron chi connectivity index (χ4n) is 1.62. The highest BCUT2D eigenvalue weighted by molar-refractivity contribution is 7.92. The van der Waals surface area contributed by atoms with Gasteiger partial charge in [-0.05, 0) is 25.0 Å². The molecular formula is C12H19NO4S. The minimum absolute atomic E-state index is 0.0757. The summed E-state index contributed by atoms with van der Waals surface area (Å²) in [5, 5.41) is 0. The summed E-state index contributed by atoms with van der Waals surface area (Å²) in [7, 11) is -0.301. The first-order valence-electron chi connectivity index (χ1n) is 5.66. The molecule has 1 aromatic rings. The molecule has 0 saturated heterocycles. The molecule has 5 nitrogen and oxygen atoms in total. The fraction of sp³-hybridized carbons (Fsp3) is 0.500. The minimum Gasteiger partial charge on any atom is -0.496 e. The van der Waals surface area contributed by atoms with Crippen LogP contribution in [0.25, 0.3) is 0 Å². The Hall–Kier alpha value is -1.43. The first kappa shape index (κ1) is 14.6. The second-order valence-electron chi connectivity index (χ2n) is 3.94. The molecule has 0 aliphatic heterocycles. The lowest BCUT2D eigenvalue weighted by Crippen LogP contribution is -2.16. The Balaban J connectivity index is 3.15. The van der Waals surface area contributed by atoms with Crippen LogP contribution in [-0.2, 0) is 10.0 Å². The van der Waals surface area contributed by atoms with Gasteiger partial charge < -0.3 is 9.47 Å². The summed E-state index contributed by atoms with van der Waals surface area (Å²) in [5.41, 5.74) is 1.28. The van der Waals surface area contributed by atoms with Crippen molar-refractivity contribution >= 4 is 15.7 Å².